The lowest BCUT2D eigenvalue weighted by atomic mass is 10.1. The van der Waals surface area contributed by atoms with Gasteiger partial charge in [-0.25, -0.2) is 0 Å². The molecular weight excluding hydrogens is 262 g/mol. The number of hydrogen-bond donors (Lipinski definition) is 2. The van der Waals surface area contributed by atoms with Gasteiger partial charge in [-0.2, -0.15) is 0 Å². The lowest BCUT2D eigenvalue weighted by Crippen LogP contribution is -1.90. The van der Waals surface area contributed by atoms with Gasteiger partial charge < -0.3 is 10.8 Å². The van der Waals surface area contributed by atoms with E-state index < -0.39 is 0 Å². The van der Waals surface area contributed by atoms with Crippen molar-refractivity contribution in [2.24, 2.45) is 0 Å². The third-order valence-electron chi connectivity index (χ3n) is 2.23. The quantitative estimate of drug-likeness (QED) is 0.652. The number of aliphatic hydroxyl groups is 1. The van der Waals surface area contributed by atoms with Crippen molar-refractivity contribution in [2.75, 3.05) is 5.73 Å². The van der Waals surface area contributed by atoms with E-state index in [-0.39, 0.29) is 6.61 Å². The highest BCUT2D eigenvalue weighted by Crippen LogP contribution is 2.34. The molecule has 0 aliphatic heterocycles. The molecule has 0 saturated carbocycles. The Hall–Kier alpha value is -0.580. The van der Waals surface area contributed by atoms with Gasteiger partial charge in [-0.1, -0.05) is 22.0 Å². The molecule has 0 saturated heterocycles. The zero-order chi connectivity index (χ0) is 10.1. The SMILES string of the molecule is Nc1ccc(CO)c2c(CBr)csc12. The summed E-state index contributed by atoms with van der Waals surface area (Å²) >= 11 is 5.06. The highest BCUT2D eigenvalue weighted by atomic mass is 79.9. The fourth-order valence-electron chi connectivity index (χ4n) is 1.54. The summed E-state index contributed by atoms with van der Waals surface area (Å²) in [7, 11) is 0. The molecule has 0 spiro atoms. The molecule has 74 valence electrons. The molecule has 2 nitrogen and oxygen atoms in total. The van der Waals surface area contributed by atoms with E-state index in [2.05, 4.69) is 21.3 Å². The number of hydrogen-bond acceptors (Lipinski definition) is 3. The molecule has 3 N–H and O–H groups in total. The van der Waals surface area contributed by atoms with E-state index in [1.54, 1.807) is 11.3 Å². The predicted octanol–water partition coefficient (Wildman–Crippen LogP) is 2.87. The maximum absolute atomic E-state index is 9.21. The van der Waals surface area contributed by atoms with Crippen LogP contribution in [0.5, 0.6) is 0 Å². The highest BCUT2D eigenvalue weighted by molar-refractivity contribution is 9.08. The summed E-state index contributed by atoms with van der Waals surface area (Å²) in [6.45, 7) is 0.0630. The number of alkyl halides is 1. The van der Waals surface area contributed by atoms with Crippen molar-refractivity contribution in [3.63, 3.8) is 0 Å². The number of aliphatic hydroxyl groups excluding tert-OH is 1. The van der Waals surface area contributed by atoms with Crippen LogP contribution in [0, 0.1) is 0 Å². The highest BCUT2D eigenvalue weighted by Gasteiger charge is 2.09. The van der Waals surface area contributed by atoms with E-state index in [9.17, 15) is 5.11 Å². The number of anilines is 1. The summed E-state index contributed by atoms with van der Waals surface area (Å²) in [4.78, 5) is 0. The molecule has 4 heteroatoms. The lowest BCUT2D eigenvalue weighted by Gasteiger charge is -2.03. The van der Waals surface area contributed by atoms with Crippen molar-refractivity contribution in [1.82, 2.24) is 0 Å². The second-order valence-corrected chi connectivity index (χ2v) is 4.51. The molecule has 14 heavy (non-hydrogen) atoms. The molecule has 0 fully saturated rings. The molecule has 0 radical (unpaired) electrons. The van der Waals surface area contributed by atoms with Crippen LogP contribution in [0.2, 0.25) is 0 Å². The van der Waals surface area contributed by atoms with Crippen LogP contribution in [0.25, 0.3) is 10.1 Å². The van der Waals surface area contributed by atoms with Crippen molar-refractivity contribution < 1.29 is 5.11 Å². The number of rotatable bonds is 2. The number of nitrogens with two attached hydrogens (primary N) is 1. The first-order valence-electron chi connectivity index (χ1n) is 4.22. The molecule has 0 atom stereocenters. The molecular formula is C10H10BrNOS. The molecule has 0 aliphatic rings. The summed E-state index contributed by atoms with van der Waals surface area (Å²) in [5.41, 5.74) is 8.79. The Morgan fingerprint density at radius 1 is 1.36 bits per heavy atom. The zero-order valence-corrected chi connectivity index (χ0v) is 9.86. The second kappa shape index (κ2) is 3.88. The Morgan fingerprint density at radius 3 is 2.79 bits per heavy atom. The number of thiophene rings is 1. The first kappa shape index (κ1) is 9.96. The number of fused-ring (bicyclic) bond motifs is 1. The third-order valence-corrected chi connectivity index (χ3v) is 3.91. The van der Waals surface area contributed by atoms with Crippen LogP contribution in [0.1, 0.15) is 11.1 Å². The average Bonchev–Trinajstić information content (AvgIpc) is 2.63. The second-order valence-electron chi connectivity index (χ2n) is 3.07. The molecule has 1 aromatic heterocycles. The van der Waals surface area contributed by atoms with Gasteiger partial charge in [0.25, 0.3) is 0 Å². The van der Waals surface area contributed by atoms with Crippen LogP contribution >= 0.6 is 27.3 Å². The summed E-state index contributed by atoms with van der Waals surface area (Å²) in [6.07, 6.45) is 0. The van der Waals surface area contributed by atoms with E-state index in [4.69, 9.17) is 5.73 Å². The van der Waals surface area contributed by atoms with E-state index in [0.717, 1.165) is 26.7 Å². The van der Waals surface area contributed by atoms with E-state index in [1.807, 2.05) is 12.1 Å². The van der Waals surface area contributed by atoms with Gasteiger partial charge in [0.15, 0.2) is 0 Å². The molecule has 0 aliphatic carbocycles. The minimum Gasteiger partial charge on any atom is -0.398 e. The van der Waals surface area contributed by atoms with Crippen molar-refractivity contribution in [3.05, 3.63) is 28.6 Å². The van der Waals surface area contributed by atoms with Gasteiger partial charge in [-0.15, -0.1) is 11.3 Å². The molecule has 2 rings (SSSR count). The van der Waals surface area contributed by atoms with Crippen LogP contribution in [0.15, 0.2) is 17.5 Å². The fourth-order valence-corrected chi connectivity index (χ4v) is 3.24. The normalized spacial score (nSPS) is 11.0. The standard InChI is InChI=1S/C10H10BrNOS/c11-3-7-5-14-10-8(12)2-1-6(4-13)9(7)10/h1-2,5,13H,3-4,12H2. The van der Waals surface area contributed by atoms with Crippen LogP contribution in [-0.2, 0) is 11.9 Å². The zero-order valence-electron chi connectivity index (χ0n) is 7.46. The van der Waals surface area contributed by atoms with Crippen molar-refractivity contribution in [2.45, 2.75) is 11.9 Å². The monoisotopic (exact) mass is 271 g/mol. The summed E-state index contributed by atoms with van der Waals surface area (Å²) in [5, 5.41) is 13.2. The van der Waals surface area contributed by atoms with Gasteiger partial charge in [0.2, 0.25) is 0 Å². The maximum Gasteiger partial charge on any atom is 0.0688 e. The van der Waals surface area contributed by atoms with Crippen LogP contribution < -0.4 is 5.73 Å². The van der Waals surface area contributed by atoms with Gasteiger partial charge in [0.1, 0.15) is 0 Å². The first-order valence-corrected chi connectivity index (χ1v) is 6.22. The Morgan fingerprint density at radius 2 is 2.14 bits per heavy atom. The Kier molecular flexibility index (Phi) is 2.76. The average molecular weight is 272 g/mol. The van der Waals surface area contributed by atoms with E-state index in [1.165, 1.54) is 5.56 Å². The third kappa shape index (κ3) is 1.43. The molecule has 0 bridgehead atoms. The van der Waals surface area contributed by atoms with Gasteiger partial charge in [0.05, 0.1) is 11.3 Å². The summed E-state index contributed by atoms with van der Waals surface area (Å²) in [6, 6.07) is 3.74. The number of halogens is 1. The van der Waals surface area contributed by atoms with Gasteiger partial charge in [-0.05, 0) is 22.6 Å². The number of benzene rings is 1. The van der Waals surface area contributed by atoms with Crippen LogP contribution in [0.3, 0.4) is 0 Å². The van der Waals surface area contributed by atoms with Crippen molar-refractivity contribution in [1.29, 1.82) is 0 Å². The minimum atomic E-state index is 0.0630. The van der Waals surface area contributed by atoms with E-state index in [0.29, 0.717) is 0 Å². The molecule has 1 aromatic carbocycles. The smallest absolute Gasteiger partial charge is 0.0688 e. The first-order chi connectivity index (χ1) is 6.77. The molecule has 0 unspecified atom stereocenters. The topological polar surface area (TPSA) is 46.2 Å². The molecule has 1 heterocycles. The van der Waals surface area contributed by atoms with Crippen LogP contribution in [-0.4, -0.2) is 5.11 Å². The van der Waals surface area contributed by atoms with Crippen molar-refractivity contribution >= 4 is 43.0 Å². The van der Waals surface area contributed by atoms with Crippen molar-refractivity contribution in [3.8, 4) is 0 Å². The Balaban J connectivity index is 2.82. The Bertz CT molecular complexity index is 466. The molecule has 2 aromatic rings. The largest absolute Gasteiger partial charge is 0.398 e. The van der Waals surface area contributed by atoms with Gasteiger partial charge >= 0.3 is 0 Å². The van der Waals surface area contributed by atoms with Crippen LogP contribution in [0.4, 0.5) is 5.69 Å². The predicted molar refractivity (Wildman–Crippen MR) is 64.8 cm³/mol. The summed E-state index contributed by atoms with van der Waals surface area (Å²) in [5.74, 6) is 0. The van der Waals surface area contributed by atoms with Gasteiger partial charge in [0, 0.05) is 16.4 Å². The Labute approximate surface area is 94.5 Å². The molecule has 0 amide bonds. The number of nitrogen functional groups attached to an aromatic ring is 1. The summed E-state index contributed by atoms with van der Waals surface area (Å²) < 4.78 is 1.08. The van der Waals surface area contributed by atoms with Gasteiger partial charge in [-0.3, -0.25) is 0 Å². The lowest BCUT2D eigenvalue weighted by molar-refractivity contribution is 0.283. The van der Waals surface area contributed by atoms with E-state index >= 15 is 0 Å². The maximum atomic E-state index is 9.21. The minimum absolute atomic E-state index is 0.0630. The fraction of sp³-hybridized carbons (Fsp3) is 0.200.